The van der Waals surface area contributed by atoms with Crippen LogP contribution < -0.4 is 5.14 Å². The minimum atomic E-state index is -3.77. The molecule has 2 aromatic heterocycles. The molecule has 6 aromatic rings. The van der Waals surface area contributed by atoms with Crippen LogP contribution >= 0.6 is 0 Å². The van der Waals surface area contributed by atoms with Crippen molar-refractivity contribution in [2.24, 2.45) is 5.14 Å². The molecule has 2 N–H and O–H groups in total. The fourth-order valence-electron chi connectivity index (χ4n) is 4.31. The molecule has 0 aliphatic rings. The number of nitrogens with two attached hydrogens (primary N) is 1. The SMILES string of the molecule is NS(=O)(=O)c1ccc(-c2nc3ccncc3n2-c2ccc3c(ccc4ccccc43)c2)cc1. The maximum atomic E-state index is 11.7. The molecule has 0 amide bonds. The summed E-state index contributed by atoms with van der Waals surface area (Å²) in [5.74, 6) is 0.694. The van der Waals surface area contributed by atoms with Gasteiger partial charge in [0.1, 0.15) is 5.82 Å². The van der Waals surface area contributed by atoms with Gasteiger partial charge in [0, 0.05) is 17.4 Å². The molecule has 0 radical (unpaired) electrons. The van der Waals surface area contributed by atoms with Crippen LogP contribution in [-0.2, 0) is 10.0 Å². The molecule has 0 fully saturated rings. The number of primary sulfonamides is 1. The van der Waals surface area contributed by atoms with Gasteiger partial charge in [-0.15, -0.1) is 0 Å². The first kappa shape index (κ1) is 19.6. The molecule has 0 aliphatic heterocycles. The Kier molecular flexibility index (Phi) is 4.29. The summed E-state index contributed by atoms with van der Waals surface area (Å²) >= 11 is 0. The number of sulfonamides is 1. The highest BCUT2D eigenvalue weighted by molar-refractivity contribution is 7.89. The summed E-state index contributed by atoms with van der Waals surface area (Å²) in [7, 11) is -3.77. The third-order valence-corrected chi connectivity index (χ3v) is 6.81. The Balaban J connectivity index is 1.59. The van der Waals surface area contributed by atoms with Crippen LogP contribution in [0.15, 0.2) is 102 Å². The Bertz CT molecular complexity index is 1790. The van der Waals surface area contributed by atoms with Crippen LogP contribution in [0, 0.1) is 0 Å². The maximum Gasteiger partial charge on any atom is 0.238 e. The van der Waals surface area contributed by atoms with Crippen LogP contribution in [0.2, 0.25) is 0 Å². The molecule has 0 saturated heterocycles. The van der Waals surface area contributed by atoms with Crippen molar-refractivity contribution in [2.75, 3.05) is 0 Å². The van der Waals surface area contributed by atoms with Gasteiger partial charge in [-0.1, -0.05) is 42.5 Å². The van der Waals surface area contributed by atoms with E-state index in [9.17, 15) is 8.42 Å². The van der Waals surface area contributed by atoms with Gasteiger partial charge >= 0.3 is 0 Å². The molecule has 0 unspecified atom stereocenters. The summed E-state index contributed by atoms with van der Waals surface area (Å²) in [5.41, 5.74) is 3.38. The van der Waals surface area contributed by atoms with Gasteiger partial charge in [-0.25, -0.2) is 18.5 Å². The van der Waals surface area contributed by atoms with Crippen molar-refractivity contribution in [1.29, 1.82) is 0 Å². The van der Waals surface area contributed by atoms with E-state index in [0.29, 0.717) is 5.82 Å². The first-order valence-electron chi connectivity index (χ1n) is 10.4. The van der Waals surface area contributed by atoms with E-state index in [1.807, 2.05) is 22.8 Å². The third kappa shape index (κ3) is 3.26. The zero-order chi connectivity index (χ0) is 22.6. The lowest BCUT2D eigenvalue weighted by molar-refractivity contribution is 0.598. The lowest BCUT2D eigenvalue weighted by atomic mass is 10.0. The van der Waals surface area contributed by atoms with E-state index >= 15 is 0 Å². The summed E-state index contributed by atoms with van der Waals surface area (Å²) in [6.07, 6.45) is 3.50. The molecular formula is C26H18N4O2S. The molecule has 2 heterocycles. The number of nitrogens with zero attached hydrogens (tertiary/aromatic N) is 3. The second kappa shape index (κ2) is 7.23. The highest BCUT2D eigenvalue weighted by atomic mass is 32.2. The van der Waals surface area contributed by atoms with Crippen LogP contribution in [0.3, 0.4) is 0 Å². The number of aromatic nitrogens is 3. The molecule has 160 valence electrons. The Labute approximate surface area is 190 Å². The zero-order valence-corrected chi connectivity index (χ0v) is 18.2. The van der Waals surface area contributed by atoms with Crippen molar-refractivity contribution in [1.82, 2.24) is 14.5 Å². The number of hydrogen-bond donors (Lipinski definition) is 1. The zero-order valence-electron chi connectivity index (χ0n) is 17.4. The molecule has 0 atom stereocenters. The van der Waals surface area contributed by atoms with Gasteiger partial charge in [0.25, 0.3) is 0 Å². The Hall–Kier alpha value is -4.07. The van der Waals surface area contributed by atoms with E-state index in [4.69, 9.17) is 10.1 Å². The van der Waals surface area contributed by atoms with Crippen molar-refractivity contribution in [3.63, 3.8) is 0 Å². The lowest BCUT2D eigenvalue weighted by Gasteiger charge is -2.12. The van der Waals surface area contributed by atoms with Gasteiger partial charge in [-0.3, -0.25) is 9.55 Å². The van der Waals surface area contributed by atoms with Gasteiger partial charge in [-0.2, -0.15) is 0 Å². The maximum absolute atomic E-state index is 11.7. The third-order valence-electron chi connectivity index (χ3n) is 5.88. The van der Waals surface area contributed by atoms with E-state index in [1.165, 1.54) is 28.3 Å². The number of hydrogen-bond acceptors (Lipinski definition) is 4. The number of rotatable bonds is 3. The standard InChI is InChI=1S/C26H18N4O2S/c27-33(31,32)21-10-7-18(8-11-21)26-29-24-13-14-28-16-25(24)30(26)20-9-12-23-19(15-20)6-5-17-3-1-2-4-22(17)23/h1-16H,(H2,27,31,32). The number of benzene rings is 4. The molecule has 0 spiro atoms. The minimum absolute atomic E-state index is 0.0631. The average Bonchev–Trinajstić information content (AvgIpc) is 3.23. The Morgan fingerprint density at radius 2 is 1.55 bits per heavy atom. The van der Waals surface area contributed by atoms with Gasteiger partial charge in [0.05, 0.1) is 22.1 Å². The molecule has 0 bridgehead atoms. The normalized spacial score (nSPS) is 12.0. The molecule has 6 rings (SSSR count). The van der Waals surface area contributed by atoms with E-state index in [-0.39, 0.29) is 4.90 Å². The first-order chi connectivity index (χ1) is 16.0. The second-order valence-electron chi connectivity index (χ2n) is 7.90. The van der Waals surface area contributed by atoms with Crippen LogP contribution in [0.5, 0.6) is 0 Å². The largest absolute Gasteiger partial charge is 0.291 e. The Morgan fingerprint density at radius 1 is 0.788 bits per heavy atom. The molecule has 4 aromatic carbocycles. The van der Waals surface area contributed by atoms with Crippen molar-refractivity contribution in [3.8, 4) is 17.1 Å². The van der Waals surface area contributed by atoms with Crippen LogP contribution in [-0.4, -0.2) is 23.0 Å². The number of pyridine rings is 1. The van der Waals surface area contributed by atoms with E-state index < -0.39 is 10.0 Å². The second-order valence-corrected chi connectivity index (χ2v) is 9.46. The topological polar surface area (TPSA) is 90.9 Å². The monoisotopic (exact) mass is 450 g/mol. The van der Waals surface area contributed by atoms with Gasteiger partial charge in [-0.05, 0) is 64.0 Å². The van der Waals surface area contributed by atoms with Crippen molar-refractivity contribution in [2.45, 2.75) is 4.90 Å². The molecule has 6 nitrogen and oxygen atoms in total. The predicted octanol–water partition coefficient (Wildman–Crippen LogP) is 5.04. The molecular weight excluding hydrogens is 432 g/mol. The lowest BCUT2D eigenvalue weighted by Crippen LogP contribution is -2.11. The fourth-order valence-corrected chi connectivity index (χ4v) is 4.83. The Morgan fingerprint density at radius 3 is 2.36 bits per heavy atom. The van der Waals surface area contributed by atoms with Crippen LogP contribution in [0.1, 0.15) is 0 Å². The molecule has 0 saturated carbocycles. The number of imidazole rings is 1. The summed E-state index contributed by atoms with van der Waals surface area (Å²) in [6, 6.07) is 27.2. The summed E-state index contributed by atoms with van der Waals surface area (Å²) in [5, 5.41) is 9.97. The van der Waals surface area contributed by atoms with E-state index in [0.717, 1.165) is 27.7 Å². The van der Waals surface area contributed by atoms with Gasteiger partial charge in [0.15, 0.2) is 0 Å². The predicted molar refractivity (Wildman–Crippen MR) is 131 cm³/mol. The summed E-state index contributed by atoms with van der Waals surface area (Å²) < 4.78 is 25.4. The van der Waals surface area contributed by atoms with Crippen molar-refractivity contribution < 1.29 is 8.42 Å². The van der Waals surface area contributed by atoms with Gasteiger partial charge in [0.2, 0.25) is 10.0 Å². The van der Waals surface area contributed by atoms with Crippen molar-refractivity contribution in [3.05, 3.63) is 97.3 Å². The minimum Gasteiger partial charge on any atom is -0.291 e. The smallest absolute Gasteiger partial charge is 0.238 e. The quantitative estimate of drug-likeness (QED) is 0.382. The molecule has 7 heteroatoms. The van der Waals surface area contributed by atoms with Crippen molar-refractivity contribution >= 4 is 42.6 Å². The van der Waals surface area contributed by atoms with Crippen LogP contribution in [0.25, 0.3) is 49.7 Å². The molecule has 0 aliphatic carbocycles. The summed E-state index contributed by atoms with van der Waals surface area (Å²) in [4.78, 5) is 9.19. The summed E-state index contributed by atoms with van der Waals surface area (Å²) in [6.45, 7) is 0. The van der Waals surface area contributed by atoms with Gasteiger partial charge < -0.3 is 0 Å². The molecule has 33 heavy (non-hydrogen) atoms. The number of fused-ring (bicyclic) bond motifs is 4. The highest BCUT2D eigenvalue weighted by Gasteiger charge is 2.16. The van der Waals surface area contributed by atoms with E-state index in [1.54, 1.807) is 24.5 Å². The van der Waals surface area contributed by atoms with E-state index in [2.05, 4.69) is 47.4 Å². The first-order valence-corrected chi connectivity index (χ1v) is 11.9. The fraction of sp³-hybridized carbons (Fsp3) is 0. The van der Waals surface area contributed by atoms with Crippen LogP contribution in [0.4, 0.5) is 0 Å². The highest BCUT2D eigenvalue weighted by Crippen LogP contribution is 2.32. The average molecular weight is 451 g/mol.